The summed E-state index contributed by atoms with van der Waals surface area (Å²) in [5, 5.41) is 14.3. The summed E-state index contributed by atoms with van der Waals surface area (Å²) < 4.78 is 4.35. The molecule has 6 aromatic rings. The van der Waals surface area contributed by atoms with E-state index in [4.69, 9.17) is 4.98 Å². The van der Waals surface area contributed by atoms with Gasteiger partial charge in [0.2, 0.25) is 0 Å². The minimum atomic E-state index is -0.129. The van der Waals surface area contributed by atoms with E-state index in [0.717, 1.165) is 42.9 Å². The summed E-state index contributed by atoms with van der Waals surface area (Å²) in [5.41, 5.74) is 4.23. The molecule has 0 saturated carbocycles. The summed E-state index contributed by atoms with van der Waals surface area (Å²) in [7, 11) is 1.88. The summed E-state index contributed by atoms with van der Waals surface area (Å²) in [5.74, 6) is 0. The number of aromatic amines is 2. The van der Waals surface area contributed by atoms with Gasteiger partial charge in [-0.05, 0) is 11.6 Å². The predicted octanol–water partition coefficient (Wildman–Crippen LogP) is 2.58. The number of fused-ring (bicyclic) bond motifs is 4. The Kier molecular flexibility index (Phi) is 3.62. The molecule has 0 aliphatic carbocycles. The van der Waals surface area contributed by atoms with Gasteiger partial charge in [-0.15, -0.1) is 11.3 Å². The van der Waals surface area contributed by atoms with Crippen molar-refractivity contribution in [2.24, 2.45) is 7.05 Å². The number of aryl methyl sites for hydroxylation is 1. The summed E-state index contributed by atoms with van der Waals surface area (Å²) in [4.78, 5) is 25.2. The highest BCUT2D eigenvalue weighted by atomic mass is 32.1. The molecule has 2 N–H and O–H groups in total. The molecule has 0 fully saturated rings. The number of hydrogen-bond donors (Lipinski definition) is 2. The van der Waals surface area contributed by atoms with E-state index in [1.165, 1.54) is 4.68 Å². The van der Waals surface area contributed by atoms with Gasteiger partial charge in [-0.2, -0.15) is 10.2 Å². The molecule has 6 rings (SSSR count). The van der Waals surface area contributed by atoms with Crippen LogP contribution in [0.5, 0.6) is 0 Å². The fourth-order valence-corrected chi connectivity index (χ4v) is 5.02. The lowest BCUT2D eigenvalue weighted by Gasteiger charge is -2.07. The molecule has 0 atom stereocenters. The SMILES string of the molecule is Cn1c2nc(Cc3cnc[nH]3)sc2c2cnn(Cc3cccc4[nH]ncc34)c(=O)c21. The van der Waals surface area contributed by atoms with Crippen molar-refractivity contribution in [1.29, 1.82) is 0 Å². The molecule has 0 aliphatic rings. The fourth-order valence-electron chi connectivity index (χ4n) is 3.89. The van der Waals surface area contributed by atoms with E-state index < -0.39 is 0 Å². The zero-order valence-corrected chi connectivity index (χ0v) is 16.8. The maximum absolute atomic E-state index is 13.3. The molecule has 30 heavy (non-hydrogen) atoms. The van der Waals surface area contributed by atoms with E-state index in [-0.39, 0.29) is 5.56 Å². The molecule has 5 heterocycles. The average molecular weight is 416 g/mol. The number of aromatic nitrogens is 8. The standard InChI is InChI=1S/C20H16N8OS/c1-27-17-14(18-19(27)25-16(30-18)5-12-6-21-10-22-12)8-24-28(20(17)29)9-11-3-2-4-15-13(11)7-23-26-15/h2-4,6-8,10H,5,9H2,1H3,(H,21,22)(H,23,26). The summed E-state index contributed by atoms with van der Waals surface area (Å²) in [6.45, 7) is 0.378. The van der Waals surface area contributed by atoms with Gasteiger partial charge in [0.15, 0.2) is 5.65 Å². The van der Waals surface area contributed by atoms with Gasteiger partial charge in [0.25, 0.3) is 5.56 Å². The van der Waals surface area contributed by atoms with Crippen LogP contribution >= 0.6 is 11.3 Å². The quantitative estimate of drug-likeness (QED) is 0.459. The van der Waals surface area contributed by atoms with Crippen LogP contribution in [-0.4, -0.2) is 39.5 Å². The molecule has 0 radical (unpaired) electrons. The van der Waals surface area contributed by atoms with Gasteiger partial charge >= 0.3 is 0 Å². The molecule has 148 valence electrons. The number of thiazole rings is 1. The first-order valence-corrected chi connectivity index (χ1v) is 10.2. The van der Waals surface area contributed by atoms with Crippen molar-refractivity contribution in [3.8, 4) is 0 Å². The monoisotopic (exact) mass is 416 g/mol. The third-order valence-electron chi connectivity index (χ3n) is 5.36. The fraction of sp³-hybridized carbons (Fsp3) is 0.150. The molecular formula is C20H16N8OS. The highest BCUT2D eigenvalue weighted by Crippen LogP contribution is 2.31. The van der Waals surface area contributed by atoms with Gasteiger partial charge in [0.05, 0.1) is 35.5 Å². The minimum absolute atomic E-state index is 0.129. The maximum atomic E-state index is 13.3. The number of rotatable bonds is 4. The predicted molar refractivity (Wildman–Crippen MR) is 115 cm³/mol. The van der Waals surface area contributed by atoms with Gasteiger partial charge in [0, 0.05) is 36.1 Å². The van der Waals surface area contributed by atoms with E-state index in [0.29, 0.717) is 18.5 Å². The number of nitrogens with zero attached hydrogens (tertiary/aromatic N) is 6. The molecule has 10 heteroatoms. The highest BCUT2D eigenvalue weighted by Gasteiger charge is 2.19. The molecule has 0 unspecified atom stereocenters. The van der Waals surface area contributed by atoms with Crippen molar-refractivity contribution in [3.63, 3.8) is 0 Å². The maximum Gasteiger partial charge on any atom is 0.291 e. The van der Waals surface area contributed by atoms with Crippen LogP contribution < -0.4 is 5.56 Å². The van der Waals surface area contributed by atoms with E-state index in [1.807, 2.05) is 29.8 Å². The number of hydrogen-bond acceptors (Lipinski definition) is 6. The van der Waals surface area contributed by atoms with Gasteiger partial charge in [-0.1, -0.05) is 12.1 Å². The molecule has 9 nitrogen and oxygen atoms in total. The van der Waals surface area contributed by atoms with E-state index in [2.05, 4.69) is 25.3 Å². The smallest absolute Gasteiger partial charge is 0.291 e. The Morgan fingerprint density at radius 1 is 1.17 bits per heavy atom. The minimum Gasteiger partial charge on any atom is -0.348 e. The molecule has 0 aliphatic heterocycles. The van der Waals surface area contributed by atoms with Gasteiger partial charge < -0.3 is 9.55 Å². The Balaban J connectivity index is 1.45. The first-order valence-electron chi connectivity index (χ1n) is 9.41. The van der Waals surface area contributed by atoms with Gasteiger partial charge in [-0.3, -0.25) is 9.89 Å². The van der Waals surface area contributed by atoms with Crippen LogP contribution in [0.3, 0.4) is 0 Å². The average Bonchev–Trinajstić information content (AvgIpc) is 3.52. The van der Waals surface area contributed by atoms with Crippen molar-refractivity contribution >= 4 is 43.5 Å². The molecule has 0 saturated heterocycles. The van der Waals surface area contributed by atoms with Crippen LogP contribution in [-0.2, 0) is 20.0 Å². The molecule has 5 aromatic heterocycles. The number of benzene rings is 1. The molecule has 0 amide bonds. The van der Waals surface area contributed by atoms with Crippen molar-refractivity contribution < 1.29 is 0 Å². The zero-order valence-electron chi connectivity index (χ0n) is 16.0. The lowest BCUT2D eigenvalue weighted by Crippen LogP contribution is -2.24. The second-order valence-corrected chi connectivity index (χ2v) is 8.27. The van der Waals surface area contributed by atoms with Crippen LogP contribution in [0, 0.1) is 0 Å². The van der Waals surface area contributed by atoms with Crippen LogP contribution in [0.4, 0.5) is 0 Å². The van der Waals surface area contributed by atoms with Crippen molar-refractivity contribution in [2.75, 3.05) is 0 Å². The molecule has 0 spiro atoms. The van der Waals surface area contributed by atoms with Gasteiger partial charge in [-0.25, -0.2) is 14.6 Å². The first-order chi connectivity index (χ1) is 14.7. The second kappa shape index (κ2) is 6.36. The molecule has 0 bridgehead atoms. The van der Waals surface area contributed by atoms with E-state index in [9.17, 15) is 4.79 Å². The van der Waals surface area contributed by atoms with Crippen LogP contribution in [0.25, 0.3) is 32.2 Å². The van der Waals surface area contributed by atoms with Crippen LogP contribution in [0.15, 0.2) is 47.9 Å². The second-order valence-electron chi connectivity index (χ2n) is 7.19. The normalized spacial score (nSPS) is 11.9. The Hall–Kier alpha value is -3.79. The summed E-state index contributed by atoms with van der Waals surface area (Å²) in [6.07, 6.45) is 7.68. The number of nitrogens with one attached hydrogen (secondary N) is 2. The largest absolute Gasteiger partial charge is 0.348 e. The highest BCUT2D eigenvalue weighted by molar-refractivity contribution is 7.19. The summed E-state index contributed by atoms with van der Waals surface area (Å²) >= 11 is 1.59. The van der Waals surface area contributed by atoms with Crippen molar-refractivity contribution in [2.45, 2.75) is 13.0 Å². The summed E-state index contributed by atoms with van der Waals surface area (Å²) in [6, 6.07) is 5.90. The first kappa shape index (κ1) is 17.1. The van der Waals surface area contributed by atoms with E-state index in [1.54, 1.807) is 36.3 Å². The Morgan fingerprint density at radius 3 is 2.97 bits per heavy atom. The van der Waals surface area contributed by atoms with Crippen molar-refractivity contribution in [3.05, 3.63) is 69.7 Å². The van der Waals surface area contributed by atoms with Crippen molar-refractivity contribution in [1.82, 2.24) is 39.5 Å². The molecular weight excluding hydrogens is 400 g/mol. The van der Waals surface area contributed by atoms with Crippen LogP contribution in [0.2, 0.25) is 0 Å². The van der Waals surface area contributed by atoms with E-state index >= 15 is 0 Å². The van der Waals surface area contributed by atoms with Gasteiger partial charge in [0.1, 0.15) is 10.5 Å². The lowest BCUT2D eigenvalue weighted by atomic mass is 10.1. The third kappa shape index (κ3) is 2.50. The van der Waals surface area contributed by atoms with Crippen LogP contribution in [0.1, 0.15) is 16.3 Å². The topological polar surface area (TPSA) is 110 Å². The zero-order chi connectivity index (χ0) is 20.2. The molecule has 1 aromatic carbocycles. The number of H-pyrrole nitrogens is 2. The number of imidazole rings is 1. The Bertz CT molecular complexity index is 1580. The lowest BCUT2D eigenvalue weighted by molar-refractivity contribution is 0.647. The Labute approximate surface area is 173 Å². The third-order valence-corrected chi connectivity index (χ3v) is 6.44. The Morgan fingerprint density at radius 2 is 2.10 bits per heavy atom.